The molecule has 0 aliphatic carbocycles. The number of rotatable bonds is 13. The second kappa shape index (κ2) is 12.7. The molecule has 0 saturated carbocycles. The van der Waals surface area contributed by atoms with E-state index in [1.54, 1.807) is 11.8 Å². The number of ether oxygens (including phenoxy) is 2. The summed E-state index contributed by atoms with van der Waals surface area (Å²) in [6.45, 7) is 10.1. The SMILES string of the molecule is CC(C)OC[C@@H](O)CSCCN(C)C[C@@H](O)COC(C)C. The first-order valence-corrected chi connectivity index (χ1v) is 8.82. The van der Waals surface area contributed by atoms with E-state index in [1.165, 1.54) is 0 Å². The average molecular weight is 323 g/mol. The topological polar surface area (TPSA) is 62.2 Å². The maximum atomic E-state index is 9.81. The number of likely N-dealkylation sites (N-methyl/N-ethyl adjacent to an activating group) is 1. The minimum Gasteiger partial charge on any atom is -0.390 e. The highest BCUT2D eigenvalue weighted by atomic mass is 32.2. The highest BCUT2D eigenvalue weighted by Gasteiger charge is 2.10. The van der Waals surface area contributed by atoms with Crippen molar-refractivity contribution in [1.82, 2.24) is 4.90 Å². The smallest absolute Gasteiger partial charge is 0.0900 e. The molecule has 21 heavy (non-hydrogen) atoms. The zero-order valence-electron chi connectivity index (χ0n) is 14.1. The van der Waals surface area contributed by atoms with Crippen LogP contribution in [-0.2, 0) is 9.47 Å². The number of aliphatic hydroxyl groups is 2. The molecular formula is C15H33NO4S. The van der Waals surface area contributed by atoms with Crippen LogP contribution in [0, 0.1) is 0 Å². The van der Waals surface area contributed by atoms with E-state index < -0.39 is 12.2 Å². The molecule has 2 N–H and O–H groups in total. The lowest BCUT2D eigenvalue weighted by molar-refractivity contribution is -0.00493. The van der Waals surface area contributed by atoms with Crippen LogP contribution in [0.4, 0.5) is 0 Å². The summed E-state index contributed by atoms with van der Waals surface area (Å²) in [5.41, 5.74) is 0. The Bertz CT molecular complexity index is 242. The third-order valence-corrected chi connectivity index (χ3v) is 3.79. The van der Waals surface area contributed by atoms with Crippen LogP contribution in [0.25, 0.3) is 0 Å². The summed E-state index contributed by atoms with van der Waals surface area (Å²) in [5, 5.41) is 19.5. The van der Waals surface area contributed by atoms with Gasteiger partial charge >= 0.3 is 0 Å². The molecule has 0 aromatic rings. The summed E-state index contributed by atoms with van der Waals surface area (Å²) in [5.74, 6) is 1.60. The fourth-order valence-electron chi connectivity index (χ4n) is 1.60. The molecule has 0 rings (SSSR count). The molecular weight excluding hydrogens is 290 g/mol. The van der Waals surface area contributed by atoms with E-state index in [1.807, 2.05) is 34.7 Å². The Balaban J connectivity index is 3.54. The number of thioether (sulfide) groups is 1. The van der Waals surface area contributed by atoms with E-state index in [-0.39, 0.29) is 12.2 Å². The van der Waals surface area contributed by atoms with Gasteiger partial charge in [0.15, 0.2) is 0 Å². The van der Waals surface area contributed by atoms with E-state index in [9.17, 15) is 10.2 Å². The van der Waals surface area contributed by atoms with Crippen LogP contribution in [0.1, 0.15) is 27.7 Å². The molecule has 2 atom stereocenters. The maximum Gasteiger partial charge on any atom is 0.0900 e. The van der Waals surface area contributed by atoms with Crippen molar-refractivity contribution in [2.24, 2.45) is 0 Å². The zero-order valence-corrected chi connectivity index (χ0v) is 14.9. The van der Waals surface area contributed by atoms with Gasteiger partial charge in [-0.15, -0.1) is 0 Å². The number of aliphatic hydroxyl groups excluding tert-OH is 2. The molecule has 0 aliphatic heterocycles. The highest BCUT2D eigenvalue weighted by molar-refractivity contribution is 7.99. The third-order valence-electron chi connectivity index (χ3n) is 2.69. The summed E-state index contributed by atoms with van der Waals surface area (Å²) in [6, 6.07) is 0. The molecule has 0 heterocycles. The van der Waals surface area contributed by atoms with Gasteiger partial charge in [-0.1, -0.05) is 0 Å². The van der Waals surface area contributed by atoms with Crippen molar-refractivity contribution in [3.05, 3.63) is 0 Å². The first-order chi connectivity index (χ1) is 9.81. The van der Waals surface area contributed by atoms with Gasteiger partial charge < -0.3 is 24.6 Å². The first-order valence-electron chi connectivity index (χ1n) is 7.66. The van der Waals surface area contributed by atoms with Crippen LogP contribution in [0.2, 0.25) is 0 Å². The molecule has 0 spiro atoms. The minimum atomic E-state index is -0.451. The second-order valence-corrected chi connectivity index (χ2v) is 7.06. The average Bonchev–Trinajstić information content (AvgIpc) is 2.39. The molecule has 5 nitrogen and oxygen atoms in total. The van der Waals surface area contributed by atoms with Gasteiger partial charge in [0.2, 0.25) is 0 Å². The highest BCUT2D eigenvalue weighted by Crippen LogP contribution is 2.05. The van der Waals surface area contributed by atoms with Crippen molar-refractivity contribution in [2.75, 3.05) is 44.9 Å². The molecule has 0 bridgehead atoms. The quantitative estimate of drug-likeness (QED) is 0.497. The Hall–Kier alpha value is 0.150. The lowest BCUT2D eigenvalue weighted by atomic mass is 10.3. The first kappa shape index (κ1) is 21.1. The number of hydrogen-bond donors (Lipinski definition) is 2. The molecule has 0 amide bonds. The lowest BCUT2D eigenvalue weighted by Gasteiger charge is -2.21. The van der Waals surface area contributed by atoms with Crippen LogP contribution in [0.3, 0.4) is 0 Å². The monoisotopic (exact) mass is 323 g/mol. The molecule has 128 valence electrons. The molecule has 0 radical (unpaired) electrons. The maximum absolute atomic E-state index is 9.81. The molecule has 0 aliphatic rings. The predicted octanol–water partition coefficient (Wildman–Crippen LogP) is 1.22. The fourth-order valence-corrected chi connectivity index (χ4v) is 2.57. The Morgan fingerprint density at radius 3 is 2.00 bits per heavy atom. The third kappa shape index (κ3) is 14.8. The standard InChI is InChI=1S/C15H33NO4S/c1-12(2)19-9-14(17)8-16(5)6-7-21-11-15(18)10-20-13(3)4/h12-15,17-18H,6-11H2,1-5H3/t14-,15-/m1/s1. The van der Waals surface area contributed by atoms with E-state index in [2.05, 4.69) is 4.90 Å². The Morgan fingerprint density at radius 1 is 0.952 bits per heavy atom. The second-order valence-electron chi connectivity index (χ2n) is 5.91. The van der Waals surface area contributed by atoms with E-state index in [0.717, 1.165) is 12.3 Å². The van der Waals surface area contributed by atoms with Crippen molar-refractivity contribution >= 4 is 11.8 Å². The Kier molecular flexibility index (Phi) is 12.8. The van der Waals surface area contributed by atoms with Gasteiger partial charge in [-0.3, -0.25) is 0 Å². The van der Waals surface area contributed by atoms with Gasteiger partial charge in [0.1, 0.15) is 0 Å². The minimum absolute atomic E-state index is 0.148. The summed E-state index contributed by atoms with van der Waals surface area (Å²) >= 11 is 1.70. The lowest BCUT2D eigenvalue weighted by Crippen LogP contribution is -2.34. The van der Waals surface area contributed by atoms with Crippen molar-refractivity contribution in [2.45, 2.75) is 52.1 Å². The van der Waals surface area contributed by atoms with Crippen LogP contribution < -0.4 is 0 Å². The van der Waals surface area contributed by atoms with Gasteiger partial charge in [0.25, 0.3) is 0 Å². The number of nitrogens with zero attached hydrogens (tertiary/aromatic N) is 1. The molecule has 0 unspecified atom stereocenters. The fraction of sp³-hybridized carbons (Fsp3) is 1.00. The van der Waals surface area contributed by atoms with E-state index in [0.29, 0.717) is 25.5 Å². The van der Waals surface area contributed by atoms with Crippen molar-refractivity contribution in [3.63, 3.8) is 0 Å². The van der Waals surface area contributed by atoms with Crippen molar-refractivity contribution in [3.8, 4) is 0 Å². The molecule has 0 aromatic carbocycles. The molecule has 6 heteroatoms. The van der Waals surface area contributed by atoms with Crippen molar-refractivity contribution in [1.29, 1.82) is 0 Å². The molecule has 0 fully saturated rings. The van der Waals surface area contributed by atoms with E-state index >= 15 is 0 Å². The van der Waals surface area contributed by atoms with Crippen molar-refractivity contribution < 1.29 is 19.7 Å². The van der Waals surface area contributed by atoms with Crippen LogP contribution in [0.15, 0.2) is 0 Å². The van der Waals surface area contributed by atoms with Gasteiger partial charge in [-0.2, -0.15) is 11.8 Å². The number of hydrogen-bond acceptors (Lipinski definition) is 6. The predicted molar refractivity (Wildman–Crippen MR) is 89.0 cm³/mol. The van der Waals surface area contributed by atoms with Gasteiger partial charge in [-0.05, 0) is 34.7 Å². The van der Waals surface area contributed by atoms with Gasteiger partial charge in [0, 0.05) is 24.6 Å². The van der Waals surface area contributed by atoms with Crippen LogP contribution in [-0.4, -0.2) is 84.4 Å². The summed E-state index contributed by atoms with van der Waals surface area (Å²) in [4.78, 5) is 2.08. The summed E-state index contributed by atoms with van der Waals surface area (Å²) < 4.78 is 10.7. The van der Waals surface area contributed by atoms with E-state index in [4.69, 9.17) is 9.47 Å². The molecule has 0 aromatic heterocycles. The summed E-state index contributed by atoms with van der Waals surface area (Å²) in [7, 11) is 1.98. The van der Waals surface area contributed by atoms with Gasteiger partial charge in [-0.25, -0.2) is 0 Å². The Labute approximate surface area is 134 Å². The largest absolute Gasteiger partial charge is 0.390 e. The Morgan fingerprint density at radius 2 is 1.48 bits per heavy atom. The zero-order chi connectivity index (χ0) is 16.3. The van der Waals surface area contributed by atoms with Crippen LogP contribution in [0.5, 0.6) is 0 Å². The molecule has 0 saturated heterocycles. The van der Waals surface area contributed by atoms with Crippen LogP contribution >= 0.6 is 11.8 Å². The summed E-state index contributed by atoms with van der Waals surface area (Å²) in [6.07, 6.45) is -0.555. The normalized spacial score (nSPS) is 15.1. The van der Waals surface area contributed by atoms with Gasteiger partial charge in [0.05, 0.1) is 37.6 Å².